The number of carbonyl (C=O) groups is 2. The molecule has 0 saturated heterocycles. The molecule has 2 N–H and O–H groups in total. The van der Waals surface area contributed by atoms with Gasteiger partial charge in [0.1, 0.15) is 5.01 Å². The van der Waals surface area contributed by atoms with Gasteiger partial charge >= 0.3 is 11.8 Å². The van der Waals surface area contributed by atoms with E-state index >= 15 is 0 Å². The molecule has 24 heavy (non-hydrogen) atoms. The number of anilines is 1. The van der Waals surface area contributed by atoms with Crippen LogP contribution in [0.3, 0.4) is 0 Å². The van der Waals surface area contributed by atoms with Crippen LogP contribution in [0.2, 0.25) is 0 Å². The molecular weight excluding hydrogens is 326 g/mol. The number of aromatic nitrogens is 3. The van der Waals surface area contributed by atoms with Gasteiger partial charge in [0.25, 0.3) is 0 Å². The third kappa shape index (κ3) is 3.81. The highest BCUT2D eigenvalue weighted by Gasteiger charge is 2.21. The van der Waals surface area contributed by atoms with E-state index in [1.807, 2.05) is 20.8 Å². The minimum absolute atomic E-state index is 0.311. The average Bonchev–Trinajstić information content (AvgIpc) is 3.14. The lowest BCUT2D eigenvalue weighted by Gasteiger charge is -2.11. The lowest BCUT2D eigenvalue weighted by atomic mass is 10.3. The summed E-state index contributed by atoms with van der Waals surface area (Å²) in [5.74, 6) is -1.38. The summed E-state index contributed by atoms with van der Waals surface area (Å²) in [6, 6.07) is -0.311. The number of thiazole rings is 1. The Labute approximate surface area is 145 Å². The van der Waals surface area contributed by atoms with E-state index in [0.717, 1.165) is 22.0 Å². The Kier molecular flexibility index (Phi) is 5.71. The molecule has 130 valence electrons. The maximum Gasteiger partial charge on any atom is 0.313 e. The highest BCUT2D eigenvalue weighted by molar-refractivity contribution is 7.11. The molecule has 0 aromatic carbocycles. The van der Waals surface area contributed by atoms with E-state index in [1.54, 1.807) is 17.8 Å². The quantitative estimate of drug-likeness (QED) is 0.811. The summed E-state index contributed by atoms with van der Waals surface area (Å²) < 4.78 is 1.79. The van der Waals surface area contributed by atoms with E-state index in [2.05, 4.69) is 27.6 Å². The van der Waals surface area contributed by atoms with Crippen LogP contribution in [0.5, 0.6) is 0 Å². The second kappa shape index (κ2) is 7.57. The minimum Gasteiger partial charge on any atom is -0.339 e. The molecule has 0 aliphatic heterocycles. The molecule has 1 unspecified atom stereocenters. The molecule has 2 aromatic heterocycles. The van der Waals surface area contributed by atoms with Crippen LogP contribution in [-0.4, -0.2) is 26.6 Å². The van der Waals surface area contributed by atoms with Crippen molar-refractivity contribution in [3.63, 3.8) is 0 Å². The Balaban J connectivity index is 2.02. The molecule has 7 nitrogen and oxygen atoms in total. The van der Waals surface area contributed by atoms with Gasteiger partial charge in [-0.25, -0.2) is 4.98 Å². The average molecular weight is 349 g/mol. The maximum absolute atomic E-state index is 12.2. The van der Waals surface area contributed by atoms with Crippen molar-refractivity contribution in [1.29, 1.82) is 0 Å². The first-order chi connectivity index (χ1) is 11.4. The summed E-state index contributed by atoms with van der Waals surface area (Å²) >= 11 is 1.54. The molecule has 2 rings (SSSR count). The maximum atomic E-state index is 12.2. The largest absolute Gasteiger partial charge is 0.339 e. The lowest BCUT2D eigenvalue weighted by molar-refractivity contribution is -0.136. The van der Waals surface area contributed by atoms with Gasteiger partial charge in [0.15, 0.2) is 0 Å². The number of carbonyl (C=O) groups excluding carboxylic acids is 2. The van der Waals surface area contributed by atoms with Gasteiger partial charge in [0, 0.05) is 17.6 Å². The molecule has 2 aromatic rings. The number of rotatable bonds is 5. The van der Waals surface area contributed by atoms with Gasteiger partial charge in [-0.05, 0) is 34.1 Å². The smallest absolute Gasteiger partial charge is 0.313 e. The lowest BCUT2D eigenvalue weighted by Crippen LogP contribution is -2.37. The standard InChI is InChI=1S/C16H23N5O2S/c1-6-12-8-17-16(24-12)10(4)18-14(22)15(23)19-13-9(3)20-21(7-2)11(13)5/h8,10H,6-7H2,1-5H3,(H,18,22)(H,19,23). The molecule has 0 aliphatic carbocycles. The molecule has 2 amide bonds. The molecule has 0 aliphatic rings. The second-order valence-electron chi connectivity index (χ2n) is 5.53. The number of amides is 2. The number of nitrogens with zero attached hydrogens (tertiary/aromatic N) is 3. The predicted molar refractivity (Wildman–Crippen MR) is 94.1 cm³/mol. The topological polar surface area (TPSA) is 88.9 Å². The molecular formula is C16H23N5O2S. The van der Waals surface area contributed by atoms with E-state index < -0.39 is 11.8 Å². The number of aryl methyl sites for hydroxylation is 3. The summed E-state index contributed by atoms with van der Waals surface area (Å²) in [6.45, 7) is 10.2. The van der Waals surface area contributed by atoms with Crippen molar-refractivity contribution in [2.24, 2.45) is 0 Å². The summed E-state index contributed by atoms with van der Waals surface area (Å²) in [6.07, 6.45) is 2.70. The van der Waals surface area contributed by atoms with Gasteiger partial charge in [-0.3, -0.25) is 14.3 Å². The zero-order valence-corrected chi connectivity index (χ0v) is 15.5. The zero-order chi connectivity index (χ0) is 17.9. The third-order valence-electron chi connectivity index (χ3n) is 3.76. The third-order valence-corrected chi connectivity index (χ3v) is 5.09. The highest BCUT2D eigenvalue weighted by atomic mass is 32.1. The Bertz CT molecular complexity index is 750. The van der Waals surface area contributed by atoms with Crippen molar-refractivity contribution in [2.75, 3.05) is 5.32 Å². The number of hydrogen-bond acceptors (Lipinski definition) is 5. The van der Waals surface area contributed by atoms with Crippen molar-refractivity contribution in [2.45, 2.75) is 53.6 Å². The fourth-order valence-electron chi connectivity index (χ4n) is 2.37. The molecule has 1 atom stereocenters. The molecule has 0 fully saturated rings. The van der Waals surface area contributed by atoms with Crippen LogP contribution in [0.1, 0.15) is 48.1 Å². The Morgan fingerprint density at radius 2 is 2.00 bits per heavy atom. The van der Waals surface area contributed by atoms with Crippen molar-refractivity contribution in [1.82, 2.24) is 20.1 Å². The van der Waals surface area contributed by atoms with Gasteiger partial charge in [-0.15, -0.1) is 11.3 Å². The Morgan fingerprint density at radius 1 is 1.29 bits per heavy atom. The fourth-order valence-corrected chi connectivity index (χ4v) is 3.23. The van der Waals surface area contributed by atoms with Crippen LogP contribution in [-0.2, 0) is 22.6 Å². The molecule has 8 heteroatoms. The fraction of sp³-hybridized carbons (Fsp3) is 0.500. The summed E-state index contributed by atoms with van der Waals surface area (Å²) in [4.78, 5) is 29.7. The second-order valence-corrected chi connectivity index (χ2v) is 6.68. The van der Waals surface area contributed by atoms with E-state index in [-0.39, 0.29) is 6.04 Å². The Hall–Kier alpha value is -2.22. The first kappa shape index (κ1) is 18.1. The Morgan fingerprint density at radius 3 is 2.54 bits per heavy atom. The van der Waals surface area contributed by atoms with Gasteiger partial charge in [0.05, 0.1) is 23.1 Å². The molecule has 0 spiro atoms. The van der Waals surface area contributed by atoms with Gasteiger partial charge in [-0.2, -0.15) is 5.10 Å². The van der Waals surface area contributed by atoms with Gasteiger partial charge in [-0.1, -0.05) is 6.92 Å². The van der Waals surface area contributed by atoms with E-state index in [9.17, 15) is 9.59 Å². The van der Waals surface area contributed by atoms with E-state index in [4.69, 9.17) is 0 Å². The van der Waals surface area contributed by atoms with Crippen LogP contribution in [0, 0.1) is 13.8 Å². The van der Waals surface area contributed by atoms with Gasteiger partial charge in [0.2, 0.25) is 0 Å². The van der Waals surface area contributed by atoms with Crippen LogP contribution >= 0.6 is 11.3 Å². The summed E-state index contributed by atoms with van der Waals surface area (Å²) in [7, 11) is 0. The van der Waals surface area contributed by atoms with Crippen LogP contribution in [0.4, 0.5) is 5.69 Å². The molecule has 0 radical (unpaired) electrons. The van der Waals surface area contributed by atoms with Crippen LogP contribution < -0.4 is 10.6 Å². The van der Waals surface area contributed by atoms with Gasteiger partial charge < -0.3 is 10.6 Å². The van der Waals surface area contributed by atoms with Crippen LogP contribution in [0.25, 0.3) is 0 Å². The van der Waals surface area contributed by atoms with E-state index in [0.29, 0.717) is 17.9 Å². The summed E-state index contributed by atoms with van der Waals surface area (Å²) in [5.41, 5.74) is 2.11. The molecule has 0 bridgehead atoms. The number of hydrogen-bond donors (Lipinski definition) is 2. The minimum atomic E-state index is -0.698. The van der Waals surface area contributed by atoms with E-state index in [1.165, 1.54) is 11.3 Å². The SMILES string of the molecule is CCc1cnc(C(C)NC(=O)C(=O)Nc2c(C)nn(CC)c2C)s1. The monoisotopic (exact) mass is 349 g/mol. The van der Waals surface area contributed by atoms with Crippen LogP contribution in [0.15, 0.2) is 6.20 Å². The molecule has 0 saturated carbocycles. The molecule has 2 heterocycles. The van der Waals surface area contributed by atoms with Crippen molar-refractivity contribution >= 4 is 28.8 Å². The summed E-state index contributed by atoms with van der Waals surface area (Å²) in [5, 5.41) is 10.5. The zero-order valence-electron chi connectivity index (χ0n) is 14.6. The first-order valence-electron chi connectivity index (χ1n) is 7.97. The van der Waals surface area contributed by atoms with Crippen molar-refractivity contribution in [3.05, 3.63) is 27.5 Å². The normalized spacial score (nSPS) is 12.0. The predicted octanol–water partition coefficient (Wildman–Crippen LogP) is 2.35. The van der Waals surface area contributed by atoms with Crippen molar-refractivity contribution < 1.29 is 9.59 Å². The first-order valence-corrected chi connectivity index (χ1v) is 8.79. The highest BCUT2D eigenvalue weighted by Crippen LogP contribution is 2.21. The van der Waals surface area contributed by atoms with Crippen molar-refractivity contribution in [3.8, 4) is 0 Å². The number of nitrogens with one attached hydrogen (secondary N) is 2.